The summed E-state index contributed by atoms with van der Waals surface area (Å²) in [6.07, 6.45) is 0. The zero-order chi connectivity index (χ0) is 26.4. The van der Waals surface area contributed by atoms with Crippen LogP contribution in [-0.4, -0.2) is 13.1 Å². The number of urea groups is 1. The van der Waals surface area contributed by atoms with Gasteiger partial charge in [-0.05, 0) is 70.0 Å². The van der Waals surface area contributed by atoms with E-state index in [1.807, 2.05) is 56.3 Å². The number of amides is 2. The van der Waals surface area contributed by atoms with Crippen LogP contribution in [0.15, 0.2) is 65.8 Å². The molecule has 0 bridgehead atoms. The first kappa shape index (κ1) is 26.9. The fourth-order valence-corrected chi connectivity index (χ4v) is 4.32. The molecule has 3 aromatic rings. The fourth-order valence-electron chi connectivity index (χ4n) is 4.32. The van der Waals surface area contributed by atoms with Gasteiger partial charge in [0, 0.05) is 11.3 Å². The van der Waals surface area contributed by atoms with Gasteiger partial charge in [0.05, 0.1) is 19.3 Å². The third kappa shape index (κ3) is 6.11. The Balaban J connectivity index is 2.06. The Morgan fingerprint density at radius 3 is 2.00 bits per heavy atom. The van der Waals surface area contributed by atoms with E-state index in [9.17, 15) is 9.70 Å². The molecule has 0 spiro atoms. The lowest BCUT2D eigenvalue weighted by Crippen LogP contribution is -2.35. The van der Waals surface area contributed by atoms with E-state index < -0.39 is 0 Å². The van der Waals surface area contributed by atoms with Gasteiger partial charge in [0.25, 0.3) is 0 Å². The van der Waals surface area contributed by atoms with Crippen LogP contribution >= 0.6 is 0 Å². The molecule has 2 amide bonds. The van der Waals surface area contributed by atoms with Gasteiger partial charge in [-0.3, -0.25) is 4.90 Å². The normalized spacial score (nSPS) is 11.2. The summed E-state index contributed by atoms with van der Waals surface area (Å²) in [6, 6.07) is 19.1. The molecule has 6 nitrogen and oxygen atoms in total. The first-order chi connectivity index (χ1) is 17.2. The van der Waals surface area contributed by atoms with Gasteiger partial charge in [-0.1, -0.05) is 71.9 Å². The maximum Gasteiger partial charge on any atom is 0.326 e. The molecule has 0 atom stereocenters. The molecule has 0 aliphatic carbocycles. The molecule has 1 N–H and O–H groups in total. The smallest absolute Gasteiger partial charge is 0.326 e. The molecular weight excluding hydrogens is 450 g/mol. The van der Waals surface area contributed by atoms with Gasteiger partial charge in [0.2, 0.25) is 0 Å². The van der Waals surface area contributed by atoms with Gasteiger partial charge < -0.3 is 10.1 Å². The predicted octanol–water partition coefficient (Wildman–Crippen LogP) is 8.70. The number of benzene rings is 3. The summed E-state index contributed by atoms with van der Waals surface area (Å²) in [5, 5.41) is 6.41. The van der Waals surface area contributed by atoms with Crippen molar-refractivity contribution in [3.05, 3.63) is 87.8 Å². The monoisotopic (exact) mass is 487 g/mol. The summed E-state index contributed by atoms with van der Waals surface area (Å²) < 4.78 is 5.29. The third-order valence-electron chi connectivity index (χ3n) is 6.40. The van der Waals surface area contributed by atoms with Gasteiger partial charge in [-0.2, -0.15) is 0 Å². The first-order valence-electron chi connectivity index (χ1n) is 12.5. The van der Waals surface area contributed by atoms with Crippen molar-refractivity contribution < 1.29 is 9.53 Å². The van der Waals surface area contributed by atoms with Crippen molar-refractivity contribution >= 4 is 23.1 Å². The number of carbonyl (C=O) groups excluding carboxylic acids is 1. The number of ether oxygens (including phenoxy) is 1. The highest BCUT2D eigenvalue weighted by Gasteiger charge is 2.24. The third-order valence-corrected chi connectivity index (χ3v) is 6.40. The molecule has 0 saturated heterocycles. The molecule has 0 aliphatic rings. The maximum absolute atomic E-state index is 13.9. The van der Waals surface area contributed by atoms with Crippen molar-refractivity contribution in [3.8, 4) is 5.75 Å². The fraction of sp³-hybridized carbons (Fsp3) is 0.367. The largest absolute Gasteiger partial charge is 0.497 e. The number of methoxy groups -OCH3 is 1. The van der Waals surface area contributed by atoms with E-state index in [0.29, 0.717) is 23.8 Å². The minimum absolute atomic E-state index is 0.00654. The SMILES string of the molecule is COc1ccc(CN(C(=O)Nc2c(C(C)C)ccc(N=O)c2C(C)C)c2ccc(C(C)C)cc2)cc1. The van der Waals surface area contributed by atoms with Crippen LogP contribution in [0, 0.1) is 4.91 Å². The number of carbonyl (C=O) groups is 1. The molecule has 0 saturated carbocycles. The van der Waals surface area contributed by atoms with Crippen LogP contribution < -0.4 is 15.0 Å². The molecule has 0 aromatic heterocycles. The summed E-state index contributed by atoms with van der Waals surface area (Å²) in [5.41, 5.74) is 5.71. The molecule has 3 aromatic carbocycles. The average molecular weight is 488 g/mol. The number of hydrogen-bond acceptors (Lipinski definition) is 4. The Morgan fingerprint density at radius 2 is 1.50 bits per heavy atom. The van der Waals surface area contributed by atoms with Gasteiger partial charge in [0.1, 0.15) is 11.4 Å². The van der Waals surface area contributed by atoms with Crippen LogP contribution in [0.4, 0.5) is 21.9 Å². The lowest BCUT2D eigenvalue weighted by atomic mass is 9.91. The number of anilines is 2. The van der Waals surface area contributed by atoms with E-state index in [4.69, 9.17) is 4.74 Å². The Kier molecular flexibility index (Phi) is 8.86. The number of nitrogens with one attached hydrogen (secondary N) is 1. The Labute approximate surface area is 214 Å². The quantitative estimate of drug-likeness (QED) is 0.307. The predicted molar refractivity (Wildman–Crippen MR) is 149 cm³/mol. The summed E-state index contributed by atoms with van der Waals surface area (Å²) in [4.78, 5) is 27.2. The molecule has 190 valence electrons. The minimum atomic E-state index is -0.269. The van der Waals surface area contributed by atoms with E-state index in [2.05, 4.69) is 50.3 Å². The lowest BCUT2D eigenvalue weighted by molar-refractivity contribution is 0.256. The molecule has 3 rings (SSSR count). The van der Waals surface area contributed by atoms with Crippen molar-refractivity contribution in [2.75, 3.05) is 17.3 Å². The molecule has 6 heteroatoms. The zero-order valence-corrected chi connectivity index (χ0v) is 22.3. The standard InChI is InChI=1S/C30H37N3O3/c1-19(2)23-10-12-24(13-11-23)33(18-22-8-14-25(36-7)15-9-22)30(34)31-29-26(20(3)4)16-17-27(32-35)28(29)21(5)6/h8-17,19-21H,18H2,1-7H3,(H,31,34). The molecule has 36 heavy (non-hydrogen) atoms. The van der Waals surface area contributed by atoms with Crippen molar-refractivity contribution in [1.29, 1.82) is 0 Å². The van der Waals surface area contributed by atoms with Crippen molar-refractivity contribution in [3.63, 3.8) is 0 Å². The van der Waals surface area contributed by atoms with Crippen LogP contribution in [0.25, 0.3) is 0 Å². The molecule has 0 unspecified atom stereocenters. The van der Waals surface area contributed by atoms with Crippen LogP contribution in [-0.2, 0) is 6.54 Å². The summed E-state index contributed by atoms with van der Waals surface area (Å²) >= 11 is 0. The molecule has 0 radical (unpaired) electrons. The second kappa shape index (κ2) is 11.8. The molecule has 0 fully saturated rings. The van der Waals surface area contributed by atoms with Gasteiger partial charge in [-0.15, -0.1) is 4.91 Å². The molecule has 0 aliphatic heterocycles. The van der Waals surface area contributed by atoms with Crippen LogP contribution in [0.2, 0.25) is 0 Å². The Bertz CT molecular complexity index is 1180. The van der Waals surface area contributed by atoms with E-state index >= 15 is 0 Å². The second-order valence-electron chi connectivity index (χ2n) is 9.97. The van der Waals surface area contributed by atoms with Crippen LogP contribution in [0.3, 0.4) is 0 Å². The number of rotatable bonds is 9. The Hall–Kier alpha value is -3.67. The molecular formula is C30H37N3O3. The number of nitrogens with zero attached hydrogens (tertiary/aromatic N) is 2. The van der Waals surface area contributed by atoms with Crippen molar-refractivity contribution in [2.24, 2.45) is 5.18 Å². The minimum Gasteiger partial charge on any atom is -0.497 e. The van der Waals surface area contributed by atoms with Crippen LogP contribution in [0.1, 0.15) is 81.5 Å². The van der Waals surface area contributed by atoms with Gasteiger partial charge in [-0.25, -0.2) is 4.79 Å². The topological polar surface area (TPSA) is 71.0 Å². The van der Waals surface area contributed by atoms with Crippen molar-refractivity contribution in [2.45, 2.75) is 65.8 Å². The Morgan fingerprint density at radius 1 is 0.861 bits per heavy atom. The summed E-state index contributed by atoms with van der Waals surface area (Å²) in [7, 11) is 1.63. The van der Waals surface area contributed by atoms with E-state index in [0.717, 1.165) is 28.1 Å². The highest BCUT2D eigenvalue weighted by atomic mass is 16.5. The van der Waals surface area contributed by atoms with Gasteiger partial charge in [0.15, 0.2) is 0 Å². The zero-order valence-electron chi connectivity index (χ0n) is 22.3. The highest BCUT2D eigenvalue weighted by Crippen LogP contribution is 2.39. The van der Waals surface area contributed by atoms with E-state index in [1.54, 1.807) is 18.1 Å². The first-order valence-corrected chi connectivity index (χ1v) is 12.5. The van der Waals surface area contributed by atoms with E-state index in [1.165, 1.54) is 5.56 Å². The van der Waals surface area contributed by atoms with Gasteiger partial charge >= 0.3 is 6.03 Å². The van der Waals surface area contributed by atoms with E-state index in [-0.39, 0.29) is 17.9 Å². The van der Waals surface area contributed by atoms with Crippen LogP contribution in [0.5, 0.6) is 5.75 Å². The lowest BCUT2D eigenvalue weighted by Gasteiger charge is -2.27. The molecule has 0 heterocycles. The second-order valence-corrected chi connectivity index (χ2v) is 9.97. The average Bonchev–Trinajstić information content (AvgIpc) is 2.86. The highest BCUT2D eigenvalue weighted by molar-refractivity contribution is 6.03. The summed E-state index contributed by atoms with van der Waals surface area (Å²) in [6.45, 7) is 12.8. The maximum atomic E-state index is 13.9. The number of nitroso groups, excluding NO2 is 1. The van der Waals surface area contributed by atoms with Crippen molar-refractivity contribution in [1.82, 2.24) is 0 Å². The number of hydrogen-bond donors (Lipinski definition) is 1. The summed E-state index contributed by atoms with van der Waals surface area (Å²) in [5.74, 6) is 1.31.